The molecule has 0 spiro atoms. The summed E-state index contributed by atoms with van der Waals surface area (Å²) in [5.41, 5.74) is 1.23. The summed E-state index contributed by atoms with van der Waals surface area (Å²) in [5, 5.41) is 7.75. The van der Waals surface area contributed by atoms with Gasteiger partial charge in [0.15, 0.2) is 5.82 Å². The summed E-state index contributed by atoms with van der Waals surface area (Å²) < 4.78 is 1.77. The van der Waals surface area contributed by atoms with Crippen molar-refractivity contribution in [2.45, 2.75) is 26.7 Å². The number of aryl methyl sites for hydroxylation is 1. The van der Waals surface area contributed by atoms with Gasteiger partial charge in [0.1, 0.15) is 0 Å². The minimum absolute atomic E-state index is 0.708. The van der Waals surface area contributed by atoms with Gasteiger partial charge < -0.3 is 5.32 Å². The van der Waals surface area contributed by atoms with E-state index < -0.39 is 0 Å². The minimum Gasteiger partial charge on any atom is -0.316 e. The summed E-state index contributed by atoms with van der Waals surface area (Å²) in [7, 11) is 0. The molecule has 0 aliphatic rings. The largest absolute Gasteiger partial charge is 0.316 e. The Morgan fingerprint density at radius 1 is 1.26 bits per heavy atom. The first kappa shape index (κ1) is 13.7. The normalized spacial score (nSPS) is 11.1. The quantitative estimate of drug-likeness (QED) is 0.771. The standard InChI is InChI=1S/C14H21N5/c1-12(2)8-15-5-3-4-13-9-18-19(11-13)14-10-16-6-7-17-14/h6-7,9-12,15H,3-5,8H2,1-2H3. The molecular formula is C14H21N5. The summed E-state index contributed by atoms with van der Waals surface area (Å²) in [6.07, 6.45) is 11.1. The van der Waals surface area contributed by atoms with Crippen molar-refractivity contribution in [2.75, 3.05) is 13.1 Å². The maximum Gasteiger partial charge on any atom is 0.171 e. The molecule has 19 heavy (non-hydrogen) atoms. The molecule has 1 N–H and O–H groups in total. The molecule has 0 amide bonds. The molecule has 0 aliphatic carbocycles. The lowest BCUT2D eigenvalue weighted by Gasteiger charge is -2.06. The highest BCUT2D eigenvalue weighted by Crippen LogP contribution is 2.05. The molecule has 0 bridgehead atoms. The minimum atomic E-state index is 0.708. The van der Waals surface area contributed by atoms with E-state index in [1.165, 1.54) is 5.56 Å². The van der Waals surface area contributed by atoms with Crippen LogP contribution in [0.15, 0.2) is 31.0 Å². The monoisotopic (exact) mass is 259 g/mol. The summed E-state index contributed by atoms with van der Waals surface area (Å²) >= 11 is 0. The first-order valence-corrected chi connectivity index (χ1v) is 6.76. The van der Waals surface area contributed by atoms with Gasteiger partial charge in [-0.1, -0.05) is 13.8 Å². The highest BCUT2D eigenvalue weighted by Gasteiger charge is 2.02. The maximum atomic E-state index is 4.31. The Kier molecular flexibility index (Phi) is 5.03. The van der Waals surface area contributed by atoms with E-state index >= 15 is 0 Å². The average molecular weight is 259 g/mol. The van der Waals surface area contributed by atoms with Gasteiger partial charge in [-0.2, -0.15) is 5.10 Å². The van der Waals surface area contributed by atoms with E-state index in [0.29, 0.717) is 5.92 Å². The molecule has 0 aliphatic heterocycles. The predicted molar refractivity (Wildman–Crippen MR) is 75.2 cm³/mol. The van der Waals surface area contributed by atoms with Gasteiger partial charge in [0.05, 0.1) is 12.4 Å². The second-order valence-corrected chi connectivity index (χ2v) is 5.06. The maximum absolute atomic E-state index is 4.31. The lowest BCUT2D eigenvalue weighted by atomic mass is 10.2. The van der Waals surface area contributed by atoms with Gasteiger partial charge in [0.25, 0.3) is 0 Å². The fraction of sp³-hybridized carbons (Fsp3) is 0.500. The number of rotatable bonds is 7. The third-order valence-corrected chi connectivity index (χ3v) is 2.79. The lowest BCUT2D eigenvalue weighted by molar-refractivity contribution is 0.543. The molecule has 0 fully saturated rings. The van der Waals surface area contributed by atoms with Crippen molar-refractivity contribution in [3.8, 4) is 5.82 Å². The molecule has 0 unspecified atom stereocenters. The highest BCUT2D eigenvalue weighted by atomic mass is 15.3. The Morgan fingerprint density at radius 2 is 2.16 bits per heavy atom. The molecule has 0 saturated heterocycles. The van der Waals surface area contributed by atoms with Crippen molar-refractivity contribution >= 4 is 0 Å². The molecule has 0 radical (unpaired) electrons. The SMILES string of the molecule is CC(C)CNCCCc1cnn(-c2cnccn2)c1. The zero-order chi connectivity index (χ0) is 13.5. The topological polar surface area (TPSA) is 55.6 Å². The first-order valence-electron chi connectivity index (χ1n) is 6.76. The van der Waals surface area contributed by atoms with E-state index in [9.17, 15) is 0 Å². The molecule has 2 aromatic rings. The van der Waals surface area contributed by atoms with Crippen LogP contribution >= 0.6 is 0 Å². The van der Waals surface area contributed by atoms with E-state index in [0.717, 1.165) is 31.7 Å². The van der Waals surface area contributed by atoms with Gasteiger partial charge in [-0.25, -0.2) is 9.67 Å². The van der Waals surface area contributed by atoms with Crippen LogP contribution in [0.3, 0.4) is 0 Å². The van der Waals surface area contributed by atoms with Gasteiger partial charge in [-0.15, -0.1) is 0 Å². The Morgan fingerprint density at radius 3 is 2.89 bits per heavy atom. The van der Waals surface area contributed by atoms with E-state index in [2.05, 4.69) is 34.2 Å². The van der Waals surface area contributed by atoms with Crippen molar-refractivity contribution in [3.63, 3.8) is 0 Å². The van der Waals surface area contributed by atoms with Crippen molar-refractivity contribution in [1.29, 1.82) is 0 Å². The van der Waals surface area contributed by atoms with Crippen LogP contribution < -0.4 is 5.32 Å². The number of nitrogens with one attached hydrogen (secondary N) is 1. The van der Waals surface area contributed by atoms with E-state index in [1.54, 1.807) is 23.3 Å². The fourth-order valence-corrected chi connectivity index (χ4v) is 1.83. The van der Waals surface area contributed by atoms with Gasteiger partial charge in [-0.05, 0) is 37.4 Å². The van der Waals surface area contributed by atoms with Crippen LogP contribution in [0.5, 0.6) is 0 Å². The Bertz CT molecular complexity index is 478. The molecule has 5 nitrogen and oxygen atoms in total. The molecule has 0 aromatic carbocycles. The number of aromatic nitrogens is 4. The van der Waals surface area contributed by atoms with Crippen LogP contribution in [0.25, 0.3) is 5.82 Å². The third kappa shape index (κ3) is 4.44. The lowest BCUT2D eigenvalue weighted by Crippen LogP contribution is -2.20. The van der Waals surface area contributed by atoms with Crippen molar-refractivity contribution in [2.24, 2.45) is 5.92 Å². The molecule has 0 atom stereocenters. The fourth-order valence-electron chi connectivity index (χ4n) is 1.83. The number of hydrogen-bond acceptors (Lipinski definition) is 4. The zero-order valence-corrected chi connectivity index (χ0v) is 11.6. The molecule has 2 rings (SSSR count). The van der Waals surface area contributed by atoms with E-state index in [-0.39, 0.29) is 0 Å². The van der Waals surface area contributed by atoms with Crippen molar-refractivity contribution in [1.82, 2.24) is 25.1 Å². The van der Waals surface area contributed by atoms with Gasteiger partial charge in [0, 0.05) is 18.6 Å². The van der Waals surface area contributed by atoms with Crippen LogP contribution in [0.4, 0.5) is 0 Å². The third-order valence-electron chi connectivity index (χ3n) is 2.79. The Labute approximate surface area is 114 Å². The molecule has 102 valence electrons. The molecule has 2 heterocycles. The Balaban J connectivity index is 1.78. The molecule has 0 saturated carbocycles. The van der Waals surface area contributed by atoms with Crippen LogP contribution in [-0.2, 0) is 6.42 Å². The summed E-state index contributed by atoms with van der Waals surface area (Å²) in [6, 6.07) is 0. The van der Waals surface area contributed by atoms with Gasteiger partial charge in [-0.3, -0.25) is 4.98 Å². The van der Waals surface area contributed by atoms with Crippen LogP contribution in [0, 0.1) is 5.92 Å². The van der Waals surface area contributed by atoms with Crippen molar-refractivity contribution < 1.29 is 0 Å². The zero-order valence-electron chi connectivity index (χ0n) is 11.6. The van der Waals surface area contributed by atoms with Gasteiger partial charge in [0.2, 0.25) is 0 Å². The van der Waals surface area contributed by atoms with Crippen LogP contribution in [-0.4, -0.2) is 32.8 Å². The van der Waals surface area contributed by atoms with Crippen molar-refractivity contribution in [3.05, 3.63) is 36.5 Å². The number of nitrogens with zero attached hydrogens (tertiary/aromatic N) is 4. The molecule has 2 aromatic heterocycles. The predicted octanol–water partition coefficient (Wildman–Crippen LogP) is 1.84. The summed E-state index contributed by atoms with van der Waals surface area (Å²) in [6.45, 7) is 6.57. The molecular weight excluding hydrogens is 238 g/mol. The second kappa shape index (κ2) is 6.99. The highest BCUT2D eigenvalue weighted by molar-refractivity contribution is 5.18. The average Bonchev–Trinajstić information content (AvgIpc) is 2.88. The summed E-state index contributed by atoms with van der Waals surface area (Å²) in [5.74, 6) is 1.46. The molecule has 5 heteroatoms. The van der Waals surface area contributed by atoms with E-state index in [1.807, 2.05) is 12.4 Å². The first-order chi connectivity index (χ1) is 9.25. The van der Waals surface area contributed by atoms with Crippen LogP contribution in [0.1, 0.15) is 25.8 Å². The van der Waals surface area contributed by atoms with E-state index in [4.69, 9.17) is 0 Å². The van der Waals surface area contributed by atoms with Crippen LogP contribution in [0.2, 0.25) is 0 Å². The number of hydrogen-bond donors (Lipinski definition) is 1. The smallest absolute Gasteiger partial charge is 0.171 e. The summed E-state index contributed by atoms with van der Waals surface area (Å²) in [4.78, 5) is 8.26. The Hall–Kier alpha value is -1.75. The second-order valence-electron chi connectivity index (χ2n) is 5.06. The van der Waals surface area contributed by atoms with Gasteiger partial charge >= 0.3 is 0 Å².